The summed E-state index contributed by atoms with van der Waals surface area (Å²) in [5, 5.41) is 3.71. The zero-order valence-corrected chi connectivity index (χ0v) is 17.8. The molecule has 4 aromatic rings. The number of ether oxygens (including phenoxy) is 1. The van der Waals surface area contributed by atoms with Crippen molar-refractivity contribution in [1.82, 2.24) is 4.98 Å². The maximum atomic E-state index is 12.3. The highest BCUT2D eigenvalue weighted by Gasteiger charge is 2.13. The molecule has 0 aliphatic heterocycles. The van der Waals surface area contributed by atoms with Crippen molar-refractivity contribution in [3.8, 4) is 17.2 Å². The van der Waals surface area contributed by atoms with Crippen molar-refractivity contribution in [3.05, 3.63) is 75.8 Å². The van der Waals surface area contributed by atoms with E-state index in [0.717, 1.165) is 11.1 Å². The fourth-order valence-electron chi connectivity index (χ4n) is 3.03. The maximum absolute atomic E-state index is 12.3. The lowest BCUT2D eigenvalue weighted by Gasteiger charge is -2.11. The first-order valence-corrected chi connectivity index (χ1v) is 10.0. The van der Waals surface area contributed by atoms with Gasteiger partial charge in [-0.05, 0) is 61.4 Å². The van der Waals surface area contributed by atoms with Crippen LogP contribution in [0.15, 0.2) is 59.0 Å². The molecule has 0 aliphatic carbocycles. The molecule has 4 rings (SSSR count). The van der Waals surface area contributed by atoms with Gasteiger partial charge in [0, 0.05) is 16.3 Å². The number of fused-ring (bicyclic) bond motifs is 1. The number of nitrogens with zero attached hydrogens (tertiary/aromatic N) is 1. The molecule has 1 aromatic heterocycles. The first kappa shape index (κ1) is 20.3. The number of benzene rings is 3. The van der Waals surface area contributed by atoms with Gasteiger partial charge in [0.25, 0.3) is 5.91 Å². The lowest BCUT2D eigenvalue weighted by molar-refractivity contribution is -0.118. The maximum Gasteiger partial charge on any atom is 0.262 e. The Morgan fingerprint density at radius 2 is 1.90 bits per heavy atom. The third-order valence-corrected chi connectivity index (χ3v) is 5.22. The molecule has 30 heavy (non-hydrogen) atoms. The highest BCUT2D eigenvalue weighted by atomic mass is 35.5. The molecule has 7 heteroatoms. The standard InChI is InChI=1S/C23H18Cl2N2O3/c1-13-5-3-8-20(14(13)2)29-12-21(28)26-17-7-4-6-15(9-17)23-27-19-11-16(24)10-18(25)22(19)30-23/h3-11H,12H2,1-2H3,(H,26,28). The van der Waals surface area contributed by atoms with Gasteiger partial charge in [0.15, 0.2) is 12.2 Å². The second-order valence-electron chi connectivity index (χ2n) is 6.87. The van der Waals surface area contributed by atoms with E-state index in [1.54, 1.807) is 30.3 Å². The average molecular weight is 441 g/mol. The number of hydrogen-bond acceptors (Lipinski definition) is 4. The summed E-state index contributed by atoms with van der Waals surface area (Å²) in [5.74, 6) is 0.818. The van der Waals surface area contributed by atoms with E-state index in [-0.39, 0.29) is 12.5 Å². The molecule has 0 fully saturated rings. The van der Waals surface area contributed by atoms with Gasteiger partial charge in [0.1, 0.15) is 11.3 Å². The van der Waals surface area contributed by atoms with E-state index in [0.29, 0.717) is 44.0 Å². The van der Waals surface area contributed by atoms with Gasteiger partial charge < -0.3 is 14.5 Å². The second kappa shape index (κ2) is 8.38. The van der Waals surface area contributed by atoms with Gasteiger partial charge in [-0.2, -0.15) is 0 Å². The number of anilines is 1. The van der Waals surface area contributed by atoms with Crippen LogP contribution in [-0.2, 0) is 4.79 Å². The number of oxazole rings is 1. The van der Waals surface area contributed by atoms with Crippen molar-refractivity contribution in [2.75, 3.05) is 11.9 Å². The molecular formula is C23H18Cl2N2O3. The van der Waals surface area contributed by atoms with Gasteiger partial charge in [-0.3, -0.25) is 4.79 Å². The quantitative estimate of drug-likeness (QED) is 0.387. The monoisotopic (exact) mass is 440 g/mol. The zero-order valence-electron chi connectivity index (χ0n) is 16.3. The molecule has 0 bridgehead atoms. The summed E-state index contributed by atoms with van der Waals surface area (Å²) in [7, 11) is 0. The molecule has 1 amide bonds. The molecule has 0 unspecified atom stereocenters. The lowest BCUT2D eigenvalue weighted by Crippen LogP contribution is -2.20. The molecule has 0 atom stereocenters. The second-order valence-corrected chi connectivity index (χ2v) is 7.71. The van der Waals surface area contributed by atoms with Gasteiger partial charge >= 0.3 is 0 Å². The fourth-order valence-corrected chi connectivity index (χ4v) is 3.56. The van der Waals surface area contributed by atoms with Gasteiger partial charge in [-0.15, -0.1) is 0 Å². The van der Waals surface area contributed by atoms with Crippen LogP contribution < -0.4 is 10.1 Å². The molecule has 0 saturated heterocycles. The Morgan fingerprint density at radius 3 is 2.73 bits per heavy atom. The Hall–Kier alpha value is -3.02. The predicted molar refractivity (Wildman–Crippen MR) is 120 cm³/mol. The van der Waals surface area contributed by atoms with E-state index < -0.39 is 0 Å². The van der Waals surface area contributed by atoms with E-state index in [1.807, 2.05) is 38.1 Å². The molecule has 0 radical (unpaired) electrons. The zero-order chi connectivity index (χ0) is 21.3. The van der Waals surface area contributed by atoms with Crippen LogP contribution in [0.5, 0.6) is 5.75 Å². The summed E-state index contributed by atoms with van der Waals surface area (Å²) < 4.78 is 11.5. The molecule has 1 N–H and O–H groups in total. The third-order valence-electron chi connectivity index (χ3n) is 4.72. The number of hydrogen-bond donors (Lipinski definition) is 1. The first-order valence-electron chi connectivity index (χ1n) is 9.25. The van der Waals surface area contributed by atoms with Gasteiger partial charge in [0.2, 0.25) is 5.89 Å². The van der Waals surface area contributed by atoms with Gasteiger partial charge in [0.05, 0.1) is 5.02 Å². The van der Waals surface area contributed by atoms with Crippen molar-refractivity contribution in [2.45, 2.75) is 13.8 Å². The molecule has 0 saturated carbocycles. The predicted octanol–water partition coefficient (Wildman–Crippen LogP) is 6.44. The van der Waals surface area contributed by atoms with Crippen molar-refractivity contribution in [3.63, 3.8) is 0 Å². The smallest absolute Gasteiger partial charge is 0.262 e. The lowest BCUT2D eigenvalue weighted by atomic mass is 10.1. The van der Waals surface area contributed by atoms with Crippen molar-refractivity contribution < 1.29 is 13.9 Å². The summed E-state index contributed by atoms with van der Waals surface area (Å²) >= 11 is 12.2. The number of halogens is 2. The van der Waals surface area contributed by atoms with Crippen LogP contribution in [0.25, 0.3) is 22.6 Å². The van der Waals surface area contributed by atoms with Gasteiger partial charge in [-0.1, -0.05) is 41.4 Å². The topological polar surface area (TPSA) is 64.4 Å². The Morgan fingerprint density at radius 1 is 1.10 bits per heavy atom. The van der Waals surface area contributed by atoms with Crippen LogP contribution >= 0.6 is 23.2 Å². The van der Waals surface area contributed by atoms with E-state index in [4.69, 9.17) is 32.4 Å². The molecule has 0 aliphatic rings. The van der Waals surface area contributed by atoms with Gasteiger partial charge in [-0.25, -0.2) is 4.98 Å². The van der Waals surface area contributed by atoms with Crippen molar-refractivity contribution in [1.29, 1.82) is 0 Å². The number of aromatic nitrogens is 1. The van der Waals surface area contributed by atoms with Crippen LogP contribution in [0.4, 0.5) is 5.69 Å². The Balaban J connectivity index is 1.49. The van der Waals surface area contributed by atoms with Crippen LogP contribution in [0.1, 0.15) is 11.1 Å². The van der Waals surface area contributed by atoms with Crippen LogP contribution in [0.3, 0.4) is 0 Å². The number of carbonyl (C=O) groups is 1. The SMILES string of the molecule is Cc1cccc(OCC(=O)Nc2cccc(-c3nc4cc(Cl)cc(Cl)c4o3)c2)c1C. The minimum atomic E-state index is -0.263. The molecule has 5 nitrogen and oxygen atoms in total. The Labute approximate surface area is 183 Å². The van der Waals surface area contributed by atoms with Crippen LogP contribution in [0, 0.1) is 13.8 Å². The fraction of sp³-hybridized carbons (Fsp3) is 0.130. The summed E-state index contributed by atoms with van der Waals surface area (Å²) in [4.78, 5) is 16.8. The van der Waals surface area contributed by atoms with E-state index in [1.165, 1.54) is 0 Å². The van der Waals surface area contributed by atoms with Crippen molar-refractivity contribution >= 4 is 45.9 Å². The number of nitrogens with one attached hydrogen (secondary N) is 1. The van der Waals surface area contributed by atoms with Crippen molar-refractivity contribution in [2.24, 2.45) is 0 Å². The molecule has 0 spiro atoms. The summed E-state index contributed by atoms with van der Waals surface area (Å²) in [5.41, 5.74) is 4.47. The average Bonchev–Trinajstić information content (AvgIpc) is 3.14. The van der Waals surface area contributed by atoms with E-state index in [9.17, 15) is 4.79 Å². The molecular weight excluding hydrogens is 423 g/mol. The molecule has 152 valence electrons. The number of rotatable bonds is 5. The summed E-state index contributed by atoms with van der Waals surface area (Å²) in [6.45, 7) is 3.87. The Bertz CT molecular complexity index is 1250. The third kappa shape index (κ3) is 4.27. The first-order chi connectivity index (χ1) is 14.4. The summed E-state index contributed by atoms with van der Waals surface area (Å²) in [6.07, 6.45) is 0. The molecule has 3 aromatic carbocycles. The highest BCUT2D eigenvalue weighted by Crippen LogP contribution is 2.32. The minimum Gasteiger partial charge on any atom is -0.483 e. The molecule has 1 heterocycles. The minimum absolute atomic E-state index is 0.0918. The Kier molecular flexibility index (Phi) is 5.66. The highest BCUT2D eigenvalue weighted by molar-refractivity contribution is 6.38. The van der Waals surface area contributed by atoms with Crippen LogP contribution in [0.2, 0.25) is 10.0 Å². The number of carbonyl (C=O) groups excluding carboxylic acids is 1. The largest absolute Gasteiger partial charge is 0.483 e. The van der Waals surface area contributed by atoms with E-state index >= 15 is 0 Å². The number of amides is 1. The number of aryl methyl sites for hydroxylation is 1. The van der Waals surface area contributed by atoms with Crippen LogP contribution in [-0.4, -0.2) is 17.5 Å². The summed E-state index contributed by atoms with van der Waals surface area (Å²) in [6, 6.07) is 16.2. The van der Waals surface area contributed by atoms with E-state index in [2.05, 4.69) is 10.3 Å². The normalized spacial score (nSPS) is 10.9.